The number of anilines is 1. The molecule has 0 bridgehead atoms. The van der Waals surface area contributed by atoms with Gasteiger partial charge in [-0.1, -0.05) is 0 Å². The highest BCUT2D eigenvalue weighted by atomic mass is 16.6. The van der Waals surface area contributed by atoms with Gasteiger partial charge in [0.2, 0.25) is 5.82 Å². The number of hydrogen-bond donors (Lipinski definition) is 0. The average Bonchev–Trinajstić information content (AvgIpc) is 2.87. The van der Waals surface area contributed by atoms with Crippen molar-refractivity contribution in [1.82, 2.24) is 4.98 Å². The number of hydrogen-bond acceptors (Lipinski definition) is 6. The summed E-state index contributed by atoms with van der Waals surface area (Å²) in [4.78, 5) is 27.3. The molecule has 2 rings (SSSR count). The highest BCUT2D eigenvalue weighted by Crippen LogP contribution is 2.24. The van der Waals surface area contributed by atoms with Crippen LogP contribution in [-0.4, -0.2) is 36.1 Å². The van der Waals surface area contributed by atoms with Crippen LogP contribution in [0, 0.1) is 16.0 Å². The van der Waals surface area contributed by atoms with E-state index in [9.17, 15) is 14.9 Å². The second-order valence-electron chi connectivity index (χ2n) is 4.07. The molecule has 1 saturated heterocycles. The number of carbonyl (C=O) groups excluding carboxylic acids is 1. The van der Waals surface area contributed by atoms with E-state index in [1.54, 1.807) is 12.1 Å². The number of ether oxygens (including phenoxy) is 1. The van der Waals surface area contributed by atoms with Gasteiger partial charge in [-0.15, -0.1) is 0 Å². The monoisotopic (exact) mass is 251 g/mol. The smallest absolute Gasteiger partial charge is 0.365 e. The SMILES string of the molecule is COC(=O)[C@H]1CCN(c2cccc([N+](=O)[O-])n2)C1. The van der Waals surface area contributed by atoms with Crippen LogP contribution >= 0.6 is 0 Å². The molecule has 0 aliphatic carbocycles. The van der Waals surface area contributed by atoms with Crippen LogP contribution in [0.5, 0.6) is 0 Å². The van der Waals surface area contributed by atoms with E-state index in [1.807, 2.05) is 4.90 Å². The summed E-state index contributed by atoms with van der Waals surface area (Å²) in [7, 11) is 1.36. The molecular formula is C11H13N3O4. The summed E-state index contributed by atoms with van der Waals surface area (Å²) in [6.45, 7) is 1.13. The molecular weight excluding hydrogens is 238 g/mol. The molecule has 7 heteroatoms. The van der Waals surface area contributed by atoms with E-state index in [0.29, 0.717) is 25.3 Å². The van der Waals surface area contributed by atoms with Crippen LogP contribution in [0.4, 0.5) is 11.6 Å². The molecule has 0 aromatic carbocycles. The van der Waals surface area contributed by atoms with Crippen molar-refractivity contribution in [1.29, 1.82) is 0 Å². The number of esters is 1. The Morgan fingerprint density at radius 1 is 1.61 bits per heavy atom. The first kappa shape index (κ1) is 12.3. The average molecular weight is 251 g/mol. The number of methoxy groups -OCH3 is 1. The second-order valence-corrected chi connectivity index (χ2v) is 4.07. The Bertz CT molecular complexity index is 477. The van der Waals surface area contributed by atoms with Crippen molar-refractivity contribution in [3.05, 3.63) is 28.3 Å². The van der Waals surface area contributed by atoms with E-state index < -0.39 is 4.92 Å². The van der Waals surface area contributed by atoms with Crippen LogP contribution < -0.4 is 4.90 Å². The lowest BCUT2D eigenvalue weighted by atomic mass is 10.1. The van der Waals surface area contributed by atoms with Gasteiger partial charge < -0.3 is 19.8 Å². The Morgan fingerprint density at radius 2 is 2.39 bits per heavy atom. The van der Waals surface area contributed by atoms with E-state index in [-0.39, 0.29) is 17.7 Å². The summed E-state index contributed by atoms with van der Waals surface area (Å²) < 4.78 is 4.69. The van der Waals surface area contributed by atoms with Gasteiger partial charge in [-0.2, -0.15) is 0 Å². The van der Waals surface area contributed by atoms with Crippen LogP contribution in [0.25, 0.3) is 0 Å². The molecule has 0 N–H and O–H groups in total. The van der Waals surface area contributed by atoms with E-state index in [1.165, 1.54) is 13.2 Å². The molecule has 1 atom stereocenters. The van der Waals surface area contributed by atoms with Crippen molar-refractivity contribution in [3.63, 3.8) is 0 Å². The lowest BCUT2D eigenvalue weighted by molar-refractivity contribution is -0.389. The third kappa shape index (κ3) is 2.39. The zero-order valence-electron chi connectivity index (χ0n) is 9.91. The fraction of sp³-hybridized carbons (Fsp3) is 0.455. The van der Waals surface area contributed by atoms with Gasteiger partial charge in [0.1, 0.15) is 0 Å². The van der Waals surface area contributed by atoms with Crippen molar-refractivity contribution in [2.24, 2.45) is 5.92 Å². The Labute approximate surface area is 104 Å². The zero-order valence-corrected chi connectivity index (χ0v) is 9.91. The summed E-state index contributed by atoms with van der Waals surface area (Å²) in [6, 6.07) is 4.63. The number of carbonyl (C=O) groups is 1. The Kier molecular flexibility index (Phi) is 3.40. The van der Waals surface area contributed by atoms with E-state index in [4.69, 9.17) is 0 Å². The van der Waals surface area contributed by atoms with Gasteiger partial charge >= 0.3 is 11.8 Å². The minimum atomic E-state index is -0.530. The van der Waals surface area contributed by atoms with Crippen molar-refractivity contribution in [3.8, 4) is 0 Å². The van der Waals surface area contributed by atoms with Gasteiger partial charge in [0.25, 0.3) is 0 Å². The van der Waals surface area contributed by atoms with Gasteiger partial charge in [-0.25, -0.2) is 0 Å². The van der Waals surface area contributed by atoms with E-state index in [2.05, 4.69) is 9.72 Å². The topological polar surface area (TPSA) is 85.6 Å². The number of nitrogens with zero attached hydrogens (tertiary/aromatic N) is 3. The van der Waals surface area contributed by atoms with Gasteiger partial charge in [0.15, 0.2) is 0 Å². The summed E-state index contributed by atoms with van der Waals surface area (Å²) in [5, 5.41) is 10.6. The molecule has 1 aliphatic rings. The van der Waals surface area contributed by atoms with E-state index >= 15 is 0 Å². The fourth-order valence-corrected chi connectivity index (χ4v) is 2.02. The van der Waals surface area contributed by atoms with Gasteiger partial charge in [-0.3, -0.25) is 4.79 Å². The Hall–Kier alpha value is -2.18. The molecule has 0 amide bonds. The lowest BCUT2D eigenvalue weighted by Crippen LogP contribution is -2.24. The molecule has 1 aliphatic heterocycles. The van der Waals surface area contributed by atoms with Crippen molar-refractivity contribution < 1.29 is 14.5 Å². The molecule has 1 aromatic heterocycles. The largest absolute Gasteiger partial charge is 0.469 e. The Morgan fingerprint density at radius 3 is 3.06 bits per heavy atom. The quantitative estimate of drug-likeness (QED) is 0.452. The number of nitro groups is 1. The standard InChI is InChI=1S/C11H13N3O4/c1-18-11(15)8-5-6-13(7-8)9-3-2-4-10(12-9)14(16)17/h2-4,8H,5-7H2,1H3/t8-/m0/s1. The number of rotatable bonds is 3. The number of pyridine rings is 1. The summed E-state index contributed by atoms with van der Waals surface area (Å²) >= 11 is 0. The highest BCUT2D eigenvalue weighted by Gasteiger charge is 2.31. The summed E-state index contributed by atoms with van der Waals surface area (Å²) in [5.74, 6) is -0.0939. The van der Waals surface area contributed by atoms with E-state index in [0.717, 1.165) is 0 Å². The minimum absolute atomic E-state index is 0.184. The molecule has 7 nitrogen and oxygen atoms in total. The maximum absolute atomic E-state index is 11.4. The maximum Gasteiger partial charge on any atom is 0.365 e. The van der Waals surface area contributed by atoms with Gasteiger partial charge in [0, 0.05) is 25.2 Å². The first-order valence-electron chi connectivity index (χ1n) is 5.56. The molecule has 0 spiro atoms. The van der Waals surface area contributed by atoms with Gasteiger partial charge in [0.05, 0.1) is 13.0 Å². The third-order valence-corrected chi connectivity index (χ3v) is 2.95. The summed E-state index contributed by atoms with van der Waals surface area (Å²) in [5.41, 5.74) is 0. The molecule has 18 heavy (non-hydrogen) atoms. The fourth-order valence-electron chi connectivity index (χ4n) is 2.02. The first-order chi connectivity index (χ1) is 8.61. The predicted octanol–water partition coefficient (Wildman–Crippen LogP) is 0.989. The molecule has 0 saturated carbocycles. The van der Waals surface area contributed by atoms with Crippen LogP contribution in [-0.2, 0) is 9.53 Å². The zero-order chi connectivity index (χ0) is 13.1. The molecule has 2 heterocycles. The normalized spacial score (nSPS) is 18.7. The second kappa shape index (κ2) is 4.99. The van der Waals surface area contributed by atoms with Crippen LogP contribution in [0.2, 0.25) is 0 Å². The van der Waals surface area contributed by atoms with Crippen molar-refractivity contribution in [2.45, 2.75) is 6.42 Å². The van der Waals surface area contributed by atoms with Crippen molar-refractivity contribution >= 4 is 17.6 Å². The first-order valence-corrected chi connectivity index (χ1v) is 5.56. The minimum Gasteiger partial charge on any atom is -0.469 e. The lowest BCUT2D eigenvalue weighted by Gasteiger charge is -2.13. The molecule has 1 fully saturated rings. The highest BCUT2D eigenvalue weighted by molar-refractivity contribution is 5.74. The van der Waals surface area contributed by atoms with Crippen LogP contribution in [0.15, 0.2) is 18.2 Å². The molecule has 1 aromatic rings. The van der Waals surface area contributed by atoms with Crippen molar-refractivity contribution in [2.75, 3.05) is 25.1 Å². The molecule has 0 unspecified atom stereocenters. The third-order valence-electron chi connectivity index (χ3n) is 2.95. The number of aromatic nitrogens is 1. The van der Waals surface area contributed by atoms with Crippen LogP contribution in [0.1, 0.15) is 6.42 Å². The molecule has 96 valence electrons. The maximum atomic E-state index is 11.4. The summed E-state index contributed by atoms with van der Waals surface area (Å²) in [6.07, 6.45) is 0.678. The van der Waals surface area contributed by atoms with Crippen LogP contribution in [0.3, 0.4) is 0 Å². The Balaban J connectivity index is 2.12. The molecule has 0 radical (unpaired) electrons. The predicted molar refractivity (Wildman–Crippen MR) is 63.2 cm³/mol. The van der Waals surface area contributed by atoms with Gasteiger partial charge in [-0.05, 0) is 22.4 Å².